The molecule has 3 rings (SSSR count). The maximum atomic E-state index is 12.8. The van der Waals surface area contributed by atoms with Crippen LogP contribution in [0.25, 0.3) is 11.3 Å². The molecule has 1 fully saturated rings. The zero-order valence-electron chi connectivity index (χ0n) is 14.0. The minimum Gasteiger partial charge on any atom is -0.451 e. The molecule has 1 aromatic carbocycles. The Labute approximate surface area is 137 Å². The van der Waals surface area contributed by atoms with E-state index in [1.54, 1.807) is 6.07 Å². The van der Waals surface area contributed by atoms with E-state index in [4.69, 9.17) is 10.2 Å². The van der Waals surface area contributed by atoms with Crippen LogP contribution in [0.5, 0.6) is 0 Å². The normalized spacial score (nSPS) is 21.4. The van der Waals surface area contributed by atoms with E-state index in [2.05, 4.69) is 13.8 Å². The molecule has 4 nitrogen and oxygen atoms in total. The van der Waals surface area contributed by atoms with Gasteiger partial charge in [0, 0.05) is 23.3 Å². The van der Waals surface area contributed by atoms with Crippen LogP contribution >= 0.6 is 0 Å². The molecule has 0 radical (unpaired) electrons. The summed E-state index contributed by atoms with van der Waals surface area (Å²) >= 11 is 0. The van der Waals surface area contributed by atoms with Gasteiger partial charge in [0.25, 0.3) is 5.91 Å². The maximum Gasteiger partial charge on any atom is 0.290 e. The topological polar surface area (TPSA) is 59.5 Å². The van der Waals surface area contributed by atoms with Crippen LogP contribution in [-0.2, 0) is 0 Å². The van der Waals surface area contributed by atoms with Gasteiger partial charge in [0.2, 0.25) is 0 Å². The number of nitrogen functional groups attached to an aromatic ring is 1. The first-order chi connectivity index (χ1) is 11.0. The Kier molecular flexibility index (Phi) is 4.16. The molecule has 1 aliphatic rings. The van der Waals surface area contributed by atoms with E-state index in [9.17, 15) is 4.79 Å². The highest BCUT2D eigenvalue weighted by Crippen LogP contribution is 2.30. The van der Waals surface area contributed by atoms with Gasteiger partial charge in [0.05, 0.1) is 0 Å². The molecule has 1 saturated heterocycles. The first-order valence-electron chi connectivity index (χ1n) is 8.27. The Balaban J connectivity index is 1.89. The minimum absolute atomic E-state index is 0.0162. The molecule has 2 N–H and O–H groups in total. The third kappa shape index (κ3) is 2.85. The Morgan fingerprint density at radius 3 is 2.57 bits per heavy atom. The fraction of sp³-hybridized carbons (Fsp3) is 0.421. The van der Waals surface area contributed by atoms with Crippen LogP contribution in [-0.4, -0.2) is 22.9 Å². The number of nitrogens with two attached hydrogens (primary N) is 1. The molecule has 2 aromatic rings. The summed E-state index contributed by atoms with van der Waals surface area (Å²) in [7, 11) is 0. The first kappa shape index (κ1) is 15.7. The lowest BCUT2D eigenvalue weighted by molar-refractivity contribution is 0.0479. The molecule has 2 heterocycles. The second kappa shape index (κ2) is 6.11. The van der Waals surface area contributed by atoms with Crippen molar-refractivity contribution in [1.29, 1.82) is 0 Å². The monoisotopic (exact) mass is 312 g/mol. The third-order valence-electron chi connectivity index (χ3n) is 4.89. The fourth-order valence-electron chi connectivity index (χ4n) is 3.47. The summed E-state index contributed by atoms with van der Waals surface area (Å²) in [4.78, 5) is 14.8. The Bertz CT molecular complexity index is 710. The number of hydrogen-bond acceptors (Lipinski definition) is 3. The highest BCUT2D eigenvalue weighted by atomic mass is 16.4. The lowest BCUT2D eigenvalue weighted by Crippen LogP contribution is -2.47. The summed E-state index contributed by atoms with van der Waals surface area (Å²) in [5.74, 6) is 1.08. The molecule has 0 unspecified atom stereocenters. The van der Waals surface area contributed by atoms with Gasteiger partial charge in [-0.25, -0.2) is 0 Å². The van der Waals surface area contributed by atoms with E-state index in [-0.39, 0.29) is 18.0 Å². The van der Waals surface area contributed by atoms with Crippen molar-refractivity contribution in [2.75, 3.05) is 5.73 Å². The number of benzene rings is 1. The number of hydrogen-bond donors (Lipinski definition) is 1. The lowest BCUT2D eigenvalue weighted by atomic mass is 9.97. The smallest absolute Gasteiger partial charge is 0.290 e. The molecular formula is C19H24N2O2. The van der Waals surface area contributed by atoms with Gasteiger partial charge in [0.1, 0.15) is 5.76 Å². The fourth-order valence-corrected chi connectivity index (χ4v) is 3.47. The highest BCUT2D eigenvalue weighted by molar-refractivity contribution is 5.92. The summed E-state index contributed by atoms with van der Waals surface area (Å²) in [5, 5.41) is 0. The summed E-state index contributed by atoms with van der Waals surface area (Å²) in [6.07, 6.45) is 3.29. The number of carbonyl (C=O) groups excluding carboxylic acids is 1. The van der Waals surface area contributed by atoms with Gasteiger partial charge in [-0.2, -0.15) is 0 Å². The number of rotatable bonds is 2. The van der Waals surface area contributed by atoms with Crippen molar-refractivity contribution >= 4 is 11.6 Å². The zero-order chi connectivity index (χ0) is 16.6. The van der Waals surface area contributed by atoms with E-state index in [1.807, 2.05) is 36.1 Å². The number of furan rings is 1. The van der Waals surface area contributed by atoms with Crippen molar-refractivity contribution in [2.45, 2.75) is 52.1 Å². The first-order valence-corrected chi connectivity index (χ1v) is 8.27. The summed E-state index contributed by atoms with van der Waals surface area (Å²) in [6, 6.07) is 9.87. The third-order valence-corrected chi connectivity index (χ3v) is 4.89. The molecule has 0 aliphatic carbocycles. The summed E-state index contributed by atoms with van der Waals surface area (Å²) < 4.78 is 5.87. The molecule has 1 aliphatic heterocycles. The lowest BCUT2D eigenvalue weighted by Gasteiger charge is -2.38. The van der Waals surface area contributed by atoms with Gasteiger partial charge in [-0.15, -0.1) is 0 Å². The number of carbonyl (C=O) groups is 1. The van der Waals surface area contributed by atoms with Crippen molar-refractivity contribution in [3.05, 3.63) is 41.7 Å². The molecule has 0 spiro atoms. The number of nitrogens with zero attached hydrogens (tertiary/aromatic N) is 1. The average Bonchev–Trinajstić information content (AvgIpc) is 2.99. The van der Waals surface area contributed by atoms with Gasteiger partial charge >= 0.3 is 0 Å². The number of anilines is 1. The van der Waals surface area contributed by atoms with Crippen molar-refractivity contribution in [3.63, 3.8) is 0 Å². The predicted molar refractivity (Wildman–Crippen MR) is 92.2 cm³/mol. The second-order valence-electron chi connectivity index (χ2n) is 6.53. The van der Waals surface area contributed by atoms with Crippen LogP contribution in [0.2, 0.25) is 0 Å². The van der Waals surface area contributed by atoms with Crippen molar-refractivity contribution in [2.24, 2.45) is 0 Å². The van der Waals surface area contributed by atoms with Gasteiger partial charge in [-0.05, 0) is 63.8 Å². The standard InChI is InChI=1S/C19H24N2O2/c1-12-6-4-7-13(2)21(12)19(22)18-11-10-17(23-18)15-8-5-9-16(20)14(15)3/h5,8-13H,4,6-7,20H2,1-3H3/t12-,13-/m1/s1. The number of piperidine rings is 1. The minimum atomic E-state index is -0.0162. The number of amides is 1. The Morgan fingerprint density at radius 1 is 1.17 bits per heavy atom. The van der Waals surface area contributed by atoms with Crippen LogP contribution in [0.4, 0.5) is 5.69 Å². The van der Waals surface area contributed by atoms with Gasteiger partial charge in [-0.1, -0.05) is 12.1 Å². The van der Waals surface area contributed by atoms with Crippen LogP contribution in [0.15, 0.2) is 34.7 Å². The molecule has 4 heteroatoms. The van der Waals surface area contributed by atoms with Gasteiger partial charge in [0.15, 0.2) is 5.76 Å². The Morgan fingerprint density at radius 2 is 1.87 bits per heavy atom. The molecule has 23 heavy (non-hydrogen) atoms. The van der Waals surface area contributed by atoms with Crippen LogP contribution in [0, 0.1) is 6.92 Å². The van der Waals surface area contributed by atoms with E-state index < -0.39 is 0 Å². The van der Waals surface area contributed by atoms with Gasteiger partial charge < -0.3 is 15.1 Å². The van der Waals surface area contributed by atoms with E-state index in [0.717, 1.165) is 29.7 Å². The SMILES string of the molecule is Cc1c(N)cccc1-c1ccc(C(=O)N2[C@H](C)CCC[C@H]2C)o1. The van der Waals surface area contributed by atoms with Crippen molar-refractivity contribution in [1.82, 2.24) is 4.90 Å². The predicted octanol–water partition coefficient (Wildman–Crippen LogP) is 4.24. The quantitative estimate of drug-likeness (QED) is 0.844. The van der Waals surface area contributed by atoms with Crippen molar-refractivity contribution < 1.29 is 9.21 Å². The molecule has 2 atom stereocenters. The van der Waals surface area contributed by atoms with Crippen LogP contribution < -0.4 is 5.73 Å². The molecular weight excluding hydrogens is 288 g/mol. The van der Waals surface area contributed by atoms with E-state index in [0.29, 0.717) is 11.5 Å². The second-order valence-corrected chi connectivity index (χ2v) is 6.53. The van der Waals surface area contributed by atoms with Crippen molar-refractivity contribution in [3.8, 4) is 11.3 Å². The Hall–Kier alpha value is -2.23. The van der Waals surface area contributed by atoms with Crippen LogP contribution in [0.1, 0.15) is 49.2 Å². The average molecular weight is 312 g/mol. The highest BCUT2D eigenvalue weighted by Gasteiger charge is 2.31. The van der Waals surface area contributed by atoms with Crippen LogP contribution in [0.3, 0.4) is 0 Å². The van der Waals surface area contributed by atoms with E-state index >= 15 is 0 Å². The molecule has 1 amide bonds. The molecule has 0 bridgehead atoms. The zero-order valence-corrected chi connectivity index (χ0v) is 14.0. The van der Waals surface area contributed by atoms with Gasteiger partial charge in [-0.3, -0.25) is 4.79 Å². The summed E-state index contributed by atoms with van der Waals surface area (Å²) in [6.45, 7) is 6.18. The maximum absolute atomic E-state index is 12.8. The van der Waals surface area contributed by atoms with E-state index in [1.165, 1.54) is 6.42 Å². The summed E-state index contributed by atoms with van der Waals surface area (Å²) in [5.41, 5.74) is 8.59. The molecule has 0 saturated carbocycles. The molecule has 122 valence electrons. The largest absolute Gasteiger partial charge is 0.451 e. The molecule has 1 aromatic heterocycles. The number of likely N-dealkylation sites (tertiary alicyclic amines) is 1.